The van der Waals surface area contributed by atoms with Gasteiger partial charge in [-0.25, -0.2) is 14.8 Å². The molecule has 2 rings (SSSR count). The van der Waals surface area contributed by atoms with Gasteiger partial charge in [-0.15, -0.1) is 0 Å². The lowest BCUT2D eigenvalue weighted by Crippen LogP contribution is -2.08. The smallest absolute Gasteiger partial charge is 0.355 e. The Labute approximate surface area is 118 Å². The fraction of sp³-hybridized carbons (Fsp3) is 0.0833. The number of carbonyl (C=O) groups is 1. The number of aliphatic hydroxyl groups excluding tert-OH is 1. The number of benzene rings is 1. The first-order valence-corrected chi connectivity index (χ1v) is 5.93. The van der Waals surface area contributed by atoms with Crippen molar-refractivity contribution in [2.45, 2.75) is 6.61 Å². The molecule has 19 heavy (non-hydrogen) atoms. The van der Waals surface area contributed by atoms with Crippen LogP contribution in [0.25, 0.3) is 11.3 Å². The highest BCUT2D eigenvalue weighted by Crippen LogP contribution is 2.29. The molecule has 0 saturated carbocycles. The van der Waals surface area contributed by atoms with Crippen LogP contribution < -0.4 is 0 Å². The molecule has 0 radical (unpaired) electrons. The number of carboxylic acid groups (broad SMARTS) is 1. The summed E-state index contributed by atoms with van der Waals surface area (Å²) in [5, 5.41) is 19.0. The van der Waals surface area contributed by atoms with Crippen LogP contribution in [0.1, 0.15) is 16.1 Å². The van der Waals surface area contributed by atoms with Gasteiger partial charge in [-0.05, 0) is 12.1 Å². The number of aromatic nitrogens is 2. The highest BCUT2D eigenvalue weighted by atomic mass is 35.5. The normalized spacial score (nSPS) is 10.5. The van der Waals surface area contributed by atoms with Crippen LogP contribution in [0.2, 0.25) is 10.0 Å². The minimum absolute atomic E-state index is 0.133. The van der Waals surface area contributed by atoms with E-state index in [2.05, 4.69) is 9.97 Å². The Morgan fingerprint density at radius 3 is 2.53 bits per heavy atom. The highest BCUT2D eigenvalue weighted by molar-refractivity contribution is 6.42. The number of halogens is 2. The summed E-state index contributed by atoms with van der Waals surface area (Å²) >= 11 is 11.7. The zero-order valence-corrected chi connectivity index (χ0v) is 11.0. The highest BCUT2D eigenvalue weighted by Gasteiger charge is 2.17. The SMILES string of the molecule is O=C(O)c1ncnc(-c2ccc(Cl)c(Cl)c2)c1CO. The molecule has 1 aromatic heterocycles. The number of aliphatic hydroxyl groups is 1. The van der Waals surface area contributed by atoms with Crippen LogP contribution in [0.4, 0.5) is 0 Å². The number of hydrogen-bond donors (Lipinski definition) is 2. The molecule has 98 valence electrons. The van der Waals surface area contributed by atoms with E-state index in [-0.39, 0.29) is 11.3 Å². The van der Waals surface area contributed by atoms with E-state index in [1.54, 1.807) is 18.2 Å². The van der Waals surface area contributed by atoms with E-state index in [4.69, 9.17) is 28.3 Å². The van der Waals surface area contributed by atoms with Crippen LogP contribution in [-0.2, 0) is 6.61 Å². The van der Waals surface area contributed by atoms with Crippen molar-refractivity contribution in [2.75, 3.05) is 0 Å². The predicted molar refractivity (Wildman–Crippen MR) is 70.4 cm³/mol. The van der Waals surface area contributed by atoms with Gasteiger partial charge >= 0.3 is 5.97 Å². The maximum absolute atomic E-state index is 11.0. The van der Waals surface area contributed by atoms with Gasteiger partial charge in [0.25, 0.3) is 0 Å². The van der Waals surface area contributed by atoms with Crippen molar-refractivity contribution in [2.24, 2.45) is 0 Å². The van der Waals surface area contributed by atoms with Crippen molar-refractivity contribution >= 4 is 29.2 Å². The first-order chi connectivity index (χ1) is 9.04. The summed E-state index contributed by atoms with van der Waals surface area (Å²) in [5.41, 5.74) is 0.767. The van der Waals surface area contributed by atoms with E-state index in [9.17, 15) is 9.90 Å². The molecule has 0 saturated heterocycles. The average Bonchev–Trinajstić information content (AvgIpc) is 2.40. The van der Waals surface area contributed by atoms with Gasteiger partial charge in [-0.2, -0.15) is 0 Å². The Hall–Kier alpha value is -1.69. The second kappa shape index (κ2) is 5.52. The molecule has 5 nitrogen and oxygen atoms in total. The zero-order valence-electron chi connectivity index (χ0n) is 9.47. The second-order valence-corrected chi connectivity index (χ2v) is 4.46. The minimum Gasteiger partial charge on any atom is -0.476 e. The molecule has 0 fully saturated rings. The standard InChI is InChI=1S/C12H8Cl2N2O3/c13-8-2-1-6(3-9(8)14)10-7(4-17)11(12(18)19)16-5-15-10/h1-3,5,17H,4H2,(H,18,19). The van der Waals surface area contributed by atoms with E-state index < -0.39 is 12.6 Å². The van der Waals surface area contributed by atoms with Crippen LogP contribution in [0, 0.1) is 0 Å². The molecule has 2 aromatic rings. The quantitative estimate of drug-likeness (QED) is 0.910. The fourth-order valence-electron chi connectivity index (χ4n) is 1.64. The molecular formula is C12H8Cl2N2O3. The van der Waals surface area contributed by atoms with Crippen LogP contribution in [0.3, 0.4) is 0 Å². The van der Waals surface area contributed by atoms with Crippen molar-refractivity contribution in [1.82, 2.24) is 9.97 Å². The molecule has 0 spiro atoms. The molecule has 0 amide bonds. The first-order valence-electron chi connectivity index (χ1n) is 5.18. The monoisotopic (exact) mass is 298 g/mol. The Balaban J connectivity index is 2.64. The molecule has 0 aliphatic rings. The number of rotatable bonds is 3. The van der Waals surface area contributed by atoms with E-state index in [0.717, 1.165) is 6.33 Å². The molecule has 0 aliphatic carbocycles. The number of nitrogens with zero attached hydrogens (tertiary/aromatic N) is 2. The second-order valence-electron chi connectivity index (χ2n) is 3.64. The molecule has 1 aromatic carbocycles. The summed E-state index contributed by atoms with van der Waals surface area (Å²) in [6.07, 6.45) is 1.13. The van der Waals surface area contributed by atoms with Gasteiger partial charge in [0.1, 0.15) is 6.33 Å². The van der Waals surface area contributed by atoms with E-state index >= 15 is 0 Å². The topological polar surface area (TPSA) is 83.3 Å². The van der Waals surface area contributed by atoms with Gasteiger partial charge < -0.3 is 10.2 Å². The fourth-order valence-corrected chi connectivity index (χ4v) is 1.94. The molecule has 1 heterocycles. The molecule has 0 unspecified atom stereocenters. The van der Waals surface area contributed by atoms with Crippen molar-refractivity contribution < 1.29 is 15.0 Å². The molecule has 0 aliphatic heterocycles. The third-order valence-corrected chi connectivity index (χ3v) is 3.24. The van der Waals surface area contributed by atoms with Gasteiger partial charge in [-0.1, -0.05) is 29.3 Å². The lowest BCUT2D eigenvalue weighted by Gasteiger charge is -2.09. The number of hydrogen-bond acceptors (Lipinski definition) is 4. The van der Waals surface area contributed by atoms with E-state index in [0.29, 0.717) is 21.3 Å². The van der Waals surface area contributed by atoms with Crippen molar-refractivity contribution in [3.63, 3.8) is 0 Å². The average molecular weight is 299 g/mol. The van der Waals surface area contributed by atoms with Gasteiger partial charge in [0.15, 0.2) is 5.69 Å². The largest absolute Gasteiger partial charge is 0.476 e. The number of aromatic carboxylic acids is 1. The third kappa shape index (κ3) is 2.68. The van der Waals surface area contributed by atoms with Crippen molar-refractivity contribution in [3.05, 3.63) is 45.8 Å². The zero-order chi connectivity index (χ0) is 14.0. The van der Waals surface area contributed by atoms with Crippen LogP contribution in [-0.4, -0.2) is 26.2 Å². The summed E-state index contributed by atoms with van der Waals surface area (Å²) in [6, 6.07) is 4.77. The maximum atomic E-state index is 11.0. The van der Waals surface area contributed by atoms with Crippen molar-refractivity contribution in [1.29, 1.82) is 0 Å². The maximum Gasteiger partial charge on any atom is 0.355 e. The Bertz CT molecular complexity index is 647. The Kier molecular flexibility index (Phi) is 3.99. The van der Waals surface area contributed by atoms with Crippen LogP contribution >= 0.6 is 23.2 Å². The van der Waals surface area contributed by atoms with E-state index in [1.165, 1.54) is 0 Å². The van der Waals surface area contributed by atoms with Crippen LogP contribution in [0.15, 0.2) is 24.5 Å². The molecular weight excluding hydrogens is 291 g/mol. The molecule has 0 atom stereocenters. The van der Waals surface area contributed by atoms with Crippen molar-refractivity contribution in [3.8, 4) is 11.3 Å². The lowest BCUT2D eigenvalue weighted by atomic mass is 10.0. The predicted octanol–water partition coefficient (Wildman–Crippen LogP) is 2.64. The third-order valence-electron chi connectivity index (χ3n) is 2.50. The summed E-state index contributed by atoms with van der Waals surface area (Å²) in [4.78, 5) is 18.7. The first kappa shape index (κ1) is 13.7. The molecule has 2 N–H and O–H groups in total. The number of carboxylic acids is 1. The summed E-state index contributed by atoms with van der Waals surface area (Å²) in [6.45, 7) is -0.488. The van der Waals surface area contributed by atoms with Gasteiger partial charge in [0, 0.05) is 11.1 Å². The van der Waals surface area contributed by atoms with E-state index in [1.807, 2.05) is 0 Å². The summed E-state index contributed by atoms with van der Waals surface area (Å²) in [5.74, 6) is -1.23. The summed E-state index contributed by atoms with van der Waals surface area (Å²) in [7, 11) is 0. The van der Waals surface area contributed by atoms with Gasteiger partial charge in [0.05, 0.1) is 22.3 Å². The summed E-state index contributed by atoms with van der Waals surface area (Å²) < 4.78 is 0. The molecule has 7 heteroatoms. The van der Waals surface area contributed by atoms with Gasteiger partial charge in [-0.3, -0.25) is 0 Å². The minimum atomic E-state index is -1.23. The Morgan fingerprint density at radius 2 is 1.95 bits per heavy atom. The Morgan fingerprint density at radius 1 is 1.21 bits per heavy atom. The lowest BCUT2D eigenvalue weighted by molar-refractivity contribution is 0.0686. The molecule has 0 bridgehead atoms. The van der Waals surface area contributed by atoms with Gasteiger partial charge in [0.2, 0.25) is 0 Å². The van der Waals surface area contributed by atoms with Crippen LogP contribution in [0.5, 0.6) is 0 Å².